The highest BCUT2D eigenvalue weighted by molar-refractivity contribution is 7.87. The summed E-state index contributed by atoms with van der Waals surface area (Å²) in [5, 5.41) is 19.4. The molecule has 3 aliphatic heterocycles. The molecule has 3 aromatic rings. The molecule has 3 aromatic carbocycles. The van der Waals surface area contributed by atoms with E-state index in [-0.39, 0.29) is 29.2 Å². The Morgan fingerprint density at radius 3 is 2.69 bits per heavy atom. The van der Waals surface area contributed by atoms with Crippen molar-refractivity contribution in [2.45, 2.75) is 30.3 Å². The predicted octanol–water partition coefficient (Wildman–Crippen LogP) is 2.25. The topological polar surface area (TPSA) is 122 Å². The lowest BCUT2D eigenvalue weighted by Gasteiger charge is -2.42. The van der Waals surface area contributed by atoms with E-state index in [0.29, 0.717) is 18.7 Å². The smallest absolute Gasteiger partial charge is 0.339 e. The van der Waals surface area contributed by atoms with Gasteiger partial charge in [0.05, 0.1) is 7.11 Å². The molecule has 3 heterocycles. The number of hydrogen-bond donors (Lipinski definition) is 2. The molecule has 3 aliphatic rings. The van der Waals surface area contributed by atoms with E-state index in [1.54, 1.807) is 6.07 Å². The van der Waals surface area contributed by atoms with Crippen LogP contribution in [0.2, 0.25) is 0 Å². The highest BCUT2D eigenvalue weighted by atomic mass is 32.2. The van der Waals surface area contributed by atoms with Crippen molar-refractivity contribution in [3.05, 3.63) is 76.0 Å². The minimum Gasteiger partial charge on any atom is -0.595 e. The van der Waals surface area contributed by atoms with Crippen molar-refractivity contribution >= 4 is 15.8 Å². The molecule has 0 spiro atoms. The van der Waals surface area contributed by atoms with Crippen molar-refractivity contribution in [2.75, 3.05) is 20.4 Å². The van der Waals surface area contributed by atoms with Crippen molar-refractivity contribution < 1.29 is 37.2 Å². The SMILES string of the molecule is COc1ccc2c(c1OS(=O)(=O)c1cccc([NH+]([O-])O)c1)CN1CCc3cc4c(cc3C1C2)OCO4. The summed E-state index contributed by atoms with van der Waals surface area (Å²) in [5.41, 5.74) is 3.99. The average molecular weight is 513 g/mol. The minimum atomic E-state index is -4.31. The second-order valence-electron chi connectivity index (χ2n) is 8.95. The lowest BCUT2D eigenvalue weighted by Crippen LogP contribution is -2.99. The fourth-order valence-corrected chi connectivity index (χ4v) is 6.20. The Bertz CT molecular complexity index is 1460. The quantitative estimate of drug-likeness (QED) is 0.392. The molecule has 2 atom stereocenters. The maximum Gasteiger partial charge on any atom is 0.339 e. The van der Waals surface area contributed by atoms with Crippen LogP contribution in [-0.2, 0) is 29.5 Å². The normalized spacial score (nSPS) is 19.1. The van der Waals surface area contributed by atoms with Gasteiger partial charge in [-0.3, -0.25) is 4.90 Å². The van der Waals surface area contributed by atoms with Crippen LogP contribution in [0.3, 0.4) is 0 Å². The fourth-order valence-electron chi connectivity index (χ4n) is 5.19. The van der Waals surface area contributed by atoms with Gasteiger partial charge in [0, 0.05) is 36.8 Å². The van der Waals surface area contributed by atoms with Crippen LogP contribution in [0.15, 0.2) is 53.4 Å². The van der Waals surface area contributed by atoms with Gasteiger partial charge < -0.3 is 23.6 Å². The molecule has 0 aromatic heterocycles. The molecule has 0 aliphatic carbocycles. The third kappa shape index (κ3) is 3.85. The number of ether oxygens (including phenoxy) is 3. The Morgan fingerprint density at radius 1 is 1.11 bits per heavy atom. The van der Waals surface area contributed by atoms with Crippen LogP contribution in [-0.4, -0.2) is 39.0 Å². The summed E-state index contributed by atoms with van der Waals surface area (Å²) in [7, 11) is -2.86. The number of quaternary nitrogens is 1. The van der Waals surface area contributed by atoms with Crippen LogP contribution in [0.4, 0.5) is 5.69 Å². The standard InChI is InChI=1S/C25H24N2O8S/c1-32-22-6-5-15-9-21-19-12-24-23(33-14-34-24)10-16(19)7-8-26(21)13-20(15)25(22)35-36(30,31)18-4-2-3-17(11-18)27(28)29/h2-6,10-12,21,27-28H,7-9,13-14H2,1H3. The van der Waals surface area contributed by atoms with Crippen molar-refractivity contribution in [3.8, 4) is 23.0 Å². The zero-order valence-corrected chi connectivity index (χ0v) is 20.2. The largest absolute Gasteiger partial charge is 0.595 e. The number of rotatable bonds is 5. The Kier molecular flexibility index (Phi) is 5.54. The fraction of sp³-hybridized carbons (Fsp3) is 0.280. The third-order valence-corrected chi connectivity index (χ3v) is 8.20. The second kappa shape index (κ2) is 8.64. The van der Waals surface area contributed by atoms with Crippen LogP contribution in [0.1, 0.15) is 28.3 Å². The summed E-state index contributed by atoms with van der Waals surface area (Å²) < 4.78 is 48.6. The first kappa shape index (κ1) is 23.1. The number of benzene rings is 3. The van der Waals surface area contributed by atoms with E-state index in [0.717, 1.165) is 41.7 Å². The molecule has 0 fully saturated rings. The van der Waals surface area contributed by atoms with E-state index in [4.69, 9.17) is 18.4 Å². The highest BCUT2D eigenvalue weighted by Gasteiger charge is 2.36. The summed E-state index contributed by atoms with van der Waals surface area (Å²) in [6.07, 6.45) is 1.50. The van der Waals surface area contributed by atoms with Gasteiger partial charge in [0.25, 0.3) is 0 Å². The van der Waals surface area contributed by atoms with Gasteiger partial charge in [-0.2, -0.15) is 13.6 Å². The molecular weight excluding hydrogens is 488 g/mol. The number of nitrogens with zero attached hydrogens (tertiary/aromatic N) is 1. The number of nitrogens with one attached hydrogen (secondary N) is 1. The Balaban J connectivity index is 1.37. The van der Waals surface area contributed by atoms with Gasteiger partial charge in [0.2, 0.25) is 6.79 Å². The van der Waals surface area contributed by atoms with Crippen LogP contribution in [0.25, 0.3) is 0 Å². The lowest BCUT2D eigenvalue weighted by atomic mass is 9.83. The van der Waals surface area contributed by atoms with Crippen molar-refractivity contribution in [3.63, 3.8) is 0 Å². The van der Waals surface area contributed by atoms with E-state index in [2.05, 4.69) is 17.0 Å². The van der Waals surface area contributed by atoms with Gasteiger partial charge in [0.15, 0.2) is 28.7 Å². The molecule has 10 nitrogen and oxygen atoms in total. The van der Waals surface area contributed by atoms with Crippen LogP contribution in [0, 0.1) is 5.21 Å². The predicted molar refractivity (Wildman–Crippen MR) is 126 cm³/mol. The Labute approximate surface area is 207 Å². The molecule has 0 saturated heterocycles. The molecule has 36 heavy (non-hydrogen) atoms. The molecule has 0 radical (unpaired) electrons. The number of hydrogen-bond acceptors (Lipinski definition) is 9. The van der Waals surface area contributed by atoms with Gasteiger partial charge in [0.1, 0.15) is 4.90 Å². The Hall–Kier alpha value is -3.35. The van der Waals surface area contributed by atoms with E-state index in [1.165, 1.54) is 36.4 Å². The molecule has 0 amide bonds. The highest BCUT2D eigenvalue weighted by Crippen LogP contribution is 2.47. The molecule has 11 heteroatoms. The first-order valence-corrected chi connectivity index (χ1v) is 12.9. The van der Waals surface area contributed by atoms with Crippen LogP contribution < -0.4 is 23.6 Å². The molecule has 2 N–H and O–H groups in total. The first-order valence-electron chi connectivity index (χ1n) is 11.5. The zero-order chi connectivity index (χ0) is 25.0. The van der Waals surface area contributed by atoms with Crippen molar-refractivity contribution in [2.24, 2.45) is 0 Å². The molecular formula is C25H24N2O8S. The summed E-state index contributed by atoms with van der Waals surface area (Å²) in [6.45, 7) is 1.49. The average Bonchev–Trinajstić information content (AvgIpc) is 3.34. The summed E-state index contributed by atoms with van der Waals surface area (Å²) in [5.74, 6) is 1.95. The summed E-state index contributed by atoms with van der Waals surface area (Å²) in [6, 6.07) is 13.0. The van der Waals surface area contributed by atoms with Crippen LogP contribution >= 0.6 is 0 Å². The summed E-state index contributed by atoms with van der Waals surface area (Å²) in [4.78, 5) is 2.07. The van der Waals surface area contributed by atoms with Crippen LogP contribution in [0.5, 0.6) is 23.0 Å². The molecule has 0 bridgehead atoms. The lowest BCUT2D eigenvalue weighted by molar-refractivity contribution is -0.991. The van der Waals surface area contributed by atoms with Crippen molar-refractivity contribution in [1.82, 2.24) is 4.90 Å². The van der Waals surface area contributed by atoms with E-state index >= 15 is 0 Å². The number of methoxy groups -OCH3 is 1. The van der Waals surface area contributed by atoms with Gasteiger partial charge in [-0.05, 0) is 53.8 Å². The van der Waals surface area contributed by atoms with Crippen molar-refractivity contribution in [1.29, 1.82) is 0 Å². The third-order valence-electron chi connectivity index (χ3n) is 6.98. The molecule has 6 rings (SSSR count). The monoisotopic (exact) mass is 512 g/mol. The molecule has 188 valence electrons. The number of fused-ring (bicyclic) bond motifs is 5. The van der Waals surface area contributed by atoms with E-state index < -0.39 is 15.3 Å². The molecule has 0 saturated carbocycles. The van der Waals surface area contributed by atoms with Gasteiger partial charge in [-0.15, -0.1) is 0 Å². The molecule has 2 unspecified atom stereocenters. The van der Waals surface area contributed by atoms with E-state index in [9.17, 15) is 18.8 Å². The zero-order valence-electron chi connectivity index (χ0n) is 19.4. The van der Waals surface area contributed by atoms with E-state index in [1.807, 2.05) is 6.07 Å². The van der Waals surface area contributed by atoms with Gasteiger partial charge in [-0.25, -0.2) is 5.21 Å². The first-order chi connectivity index (χ1) is 17.3. The maximum absolute atomic E-state index is 13.2. The second-order valence-corrected chi connectivity index (χ2v) is 10.5. The summed E-state index contributed by atoms with van der Waals surface area (Å²) >= 11 is 0. The van der Waals surface area contributed by atoms with Gasteiger partial charge >= 0.3 is 10.1 Å². The maximum atomic E-state index is 13.2. The van der Waals surface area contributed by atoms with Gasteiger partial charge in [-0.1, -0.05) is 12.1 Å². The minimum absolute atomic E-state index is 0.112. The Morgan fingerprint density at radius 2 is 1.92 bits per heavy atom.